The molecule has 41 heavy (non-hydrogen) atoms. The van der Waals surface area contributed by atoms with Crippen molar-refractivity contribution < 1.29 is 19.3 Å². The first-order valence-corrected chi connectivity index (χ1v) is 13.9. The monoisotopic (exact) mass is 560 g/mol. The minimum absolute atomic E-state index is 0.0125. The molecule has 6 nitrogen and oxygen atoms in total. The fourth-order valence-electron chi connectivity index (χ4n) is 6.03. The standard InChI is InChI=1S/C34H26ClN3O3/c1-33(2,32(40)41)24-11-7-23(8-12-24)28-17-34(28)27-15-26(29(35)16-30(27)37-31(34)39)22-5-3-20(4-6-22)21-9-13-25(14-10-21)38-18-36-19-38/h3-16,18-19,28H,17H2,1-2H3,(H-,37,39,40,41)/p+1. The normalized spacial score (nSPS) is 20.3. The van der Waals surface area contributed by atoms with Crippen LogP contribution >= 0.6 is 11.6 Å². The van der Waals surface area contributed by atoms with E-state index in [-0.39, 0.29) is 11.8 Å². The van der Waals surface area contributed by atoms with Crippen LogP contribution in [0.15, 0.2) is 89.9 Å². The highest BCUT2D eigenvalue weighted by Gasteiger charge is 2.65. The molecule has 0 saturated heterocycles. The van der Waals surface area contributed by atoms with Gasteiger partial charge in [-0.25, -0.2) is 4.58 Å². The summed E-state index contributed by atoms with van der Waals surface area (Å²) < 4.78 is 1.97. The van der Waals surface area contributed by atoms with Gasteiger partial charge in [0.2, 0.25) is 18.6 Å². The lowest BCUT2D eigenvalue weighted by atomic mass is 9.83. The minimum Gasteiger partial charge on any atom is -0.481 e. The molecule has 2 atom stereocenters. The number of benzene rings is 4. The molecule has 0 aromatic heterocycles. The molecule has 1 spiro atoms. The zero-order chi connectivity index (χ0) is 28.5. The Kier molecular flexibility index (Phi) is 5.57. The molecule has 4 aromatic rings. The Hall–Kier alpha value is -4.55. The van der Waals surface area contributed by atoms with Crippen LogP contribution in [-0.2, 0) is 20.4 Å². The van der Waals surface area contributed by atoms with Crippen LogP contribution in [0.25, 0.3) is 22.3 Å². The molecule has 1 amide bonds. The largest absolute Gasteiger partial charge is 0.481 e. The number of anilines is 1. The number of aliphatic carboxylic acids is 1. The third kappa shape index (κ3) is 3.93. The Morgan fingerprint density at radius 1 is 0.976 bits per heavy atom. The number of carbonyl (C=O) groups excluding carboxylic acids is 1. The highest BCUT2D eigenvalue weighted by atomic mass is 35.5. The average molecular weight is 561 g/mol. The smallest absolute Gasteiger partial charge is 0.313 e. The first kappa shape index (κ1) is 25.4. The third-order valence-electron chi connectivity index (χ3n) is 8.85. The van der Waals surface area contributed by atoms with Crippen LogP contribution in [0.1, 0.15) is 42.9 Å². The molecule has 7 heteroatoms. The Balaban J connectivity index is 1.17. The molecule has 2 heterocycles. The quantitative estimate of drug-likeness (QED) is 0.246. The van der Waals surface area contributed by atoms with Gasteiger partial charge >= 0.3 is 5.97 Å². The summed E-state index contributed by atoms with van der Waals surface area (Å²) in [6.45, 7) is 3.39. The van der Waals surface area contributed by atoms with E-state index in [4.69, 9.17) is 11.6 Å². The van der Waals surface area contributed by atoms with E-state index in [1.807, 2.05) is 34.9 Å². The van der Waals surface area contributed by atoms with E-state index in [9.17, 15) is 14.7 Å². The molecule has 3 aliphatic rings. The van der Waals surface area contributed by atoms with Gasteiger partial charge in [0, 0.05) is 17.2 Å². The van der Waals surface area contributed by atoms with Gasteiger partial charge in [-0.2, -0.15) is 0 Å². The predicted molar refractivity (Wildman–Crippen MR) is 162 cm³/mol. The second kappa shape index (κ2) is 8.98. The van der Waals surface area contributed by atoms with Gasteiger partial charge in [-0.05, 0) is 77.9 Å². The second-order valence-corrected chi connectivity index (χ2v) is 11.9. The van der Waals surface area contributed by atoms with Gasteiger partial charge in [-0.15, -0.1) is 0 Å². The molecule has 1 fully saturated rings. The van der Waals surface area contributed by atoms with Crippen molar-refractivity contribution in [1.29, 1.82) is 0 Å². The molecule has 2 unspecified atom stereocenters. The summed E-state index contributed by atoms with van der Waals surface area (Å²) in [6, 6.07) is 28.2. The summed E-state index contributed by atoms with van der Waals surface area (Å²) in [7, 11) is 0. The lowest BCUT2D eigenvalue weighted by Crippen LogP contribution is -2.28. The summed E-state index contributed by atoms with van der Waals surface area (Å²) in [5.41, 5.74) is 7.03. The van der Waals surface area contributed by atoms with Crippen molar-refractivity contribution >= 4 is 47.5 Å². The molecule has 0 radical (unpaired) electrons. The van der Waals surface area contributed by atoms with Crippen molar-refractivity contribution in [2.24, 2.45) is 4.99 Å². The second-order valence-electron chi connectivity index (χ2n) is 11.5. The van der Waals surface area contributed by atoms with Crippen molar-refractivity contribution in [3.8, 4) is 22.3 Å². The number of fused-ring (bicyclic) bond motifs is 2. The molecule has 2 aliphatic heterocycles. The van der Waals surface area contributed by atoms with Crippen LogP contribution < -0.4 is 5.32 Å². The maximum Gasteiger partial charge on any atom is 0.313 e. The number of nitrogens with zero attached hydrogens (tertiary/aromatic N) is 2. The molecule has 2 N–H and O–H groups in total. The molecule has 0 bridgehead atoms. The van der Waals surface area contributed by atoms with Crippen molar-refractivity contribution in [3.05, 3.63) is 107 Å². The topological polar surface area (TPSA) is 81.8 Å². The van der Waals surface area contributed by atoms with Gasteiger partial charge in [0.05, 0.1) is 15.9 Å². The number of nitrogens with one attached hydrogen (secondary N) is 1. The number of carboxylic acids is 1. The van der Waals surface area contributed by atoms with Crippen molar-refractivity contribution in [1.82, 2.24) is 0 Å². The van der Waals surface area contributed by atoms with E-state index < -0.39 is 16.8 Å². The zero-order valence-electron chi connectivity index (χ0n) is 22.6. The molecule has 4 aromatic carbocycles. The van der Waals surface area contributed by atoms with E-state index in [0.717, 1.165) is 50.3 Å². The summed E-state index contributed by atoms with van der Waals surface area (Å²) in [4.78, 5) is 29.0. The highest BCUT2D eigenvalue weighted by molar-refractivity contribution is 6.34. The Morgan fingerprint density at radius 3 is 2.17 bits per heavy atom. The van der Waals surface area contributed by atoms with Gasteiger partial charge in [-0.3, -0.25) is 9.59 Å². The molecule has 1 saturated carbocycles. The maximum absolute atomic E-state index is 13.3. The van der Waals surface area contributed by atoms with Gasteiger partial charge in [0.15, 0.2) is 0 Å². The number of rotatable bonds is 6. The first-order chi connectivity index (χ1) is 19.7. The summed E-state index contributed by atoms with van der Waals surface area (Å²) in [6.07, 6.45) is 4.25. The minimum atomic E-state index is -0.982. The molecule has 7 rings (SSSR count). The lowest BCUT2D eigenvalue weighted by molar-refractivity contribution is -0.302. The van der Waals surface area contributed by atoms with Crippen molar-refractivity contribution in [2.75, 3.05) is 5.32 Å². The number of amides is 1. The van der Waals surface area contributed by atoms with Crippen LogP contribution in [0.4, 0.5) is 11.4 Å². The van der Waals surface area contributed by atoms with Gasteiger partial charge in [-0.1, -0.05) is 77.3 Å². The fourth-order valence-corrected chi connectivity index (χ4v) is 6.30. The molecular formula is C34H27ClN3O3+. The Bertz CT molecular complexity index is 1810. The predicted octanol–water partition coefficient (Wildman–Crippen LogP) is 7.13. The summed E-state index contributed by atoms with van der Waals surface area (Å²) in [5.74, 6) is -0.865. The third-order valence-corrected chi connectivity index (χ3v) is 9.16. The number of halogens is 1. The number of carboxylic acid groups (broad SMARTS) is 1. The lowest BCUT2D eigenvalue weighted by Gasteiger charge is -2.20. The van der Waals surface area contributed by atoms with Crippen LogP contribution in [0.3, 0.4) is 0 Å². The average Bonchev–Trinajstić information content (AvgIpc) is 3.63. The Morgan fingerprint density at radius 2 is 1.59 bits per heavy atom. The first-order valence-electron chi connectivity index (χ1n) is 13.5. The fraction of sp³-hybridized carbons (Fsp3) is 0.176. The van der Waals surface area contributed by atoms with E-state index in [1.54, 1.807) is 26.5 Å². The number of hydrogen-bond acceptors (Lipinski definition) is 3. The summed E-state index contributed by atoms with van der Waals surface area (Å²) in [5, 5.41) is 13.2. The number of hydrogen-bond donors (Lipinski definition) is 2. The van der Waals surface area contributed by atoms with E-state index in [2.05, 4.69) is 64.9 Å². The van der Waals surface area contributed by atoms with Crippen molar-refractivity contribution in [3.63, 3.8) is 0 Å². The van der Waals surface area contributed by atoms with Crippen molar-refractivity contribution in [2.45, 2.75) is 37.0 Å². The molecular weight excluding hydrogens is 534 g/mol. The van der Waals surface area contributed by atoms with E-state index in [0.29, 0.717) is 11.4 Å². The van der Waals surface area contributed by atoms with Gasteiger partial charge in [0.25, 0.3) is 0 Å². The maximum atomic E-state index is 13.3. The van der Waals surface area contributed by atoms with E-state index >= 15 is 0 Å². The number of carbonyl (C=O) groups is 2. The number of aliphatic imine (C=N–C) groups is 1. The molecule has 202 valence electrons. The van der Waals surface area contributed by atoms with Crippen LogP contribution in [-0.4, -0.2) is 34.2 Å². The van der Waals surface area contributed by atoms with E-state index in [1.165, 1.54) is 0 Å². The Labute approximate surface area is 242 Å². The van der Waals surface area contributed by atoms with Gasteiger partial charge in [0.1, 0.15) is 5.69 Å². The van der Waals surface area contributed by atoms with Gasteiger partial charge < -0.3 is 10.4 Å². The molecule has 1 aliphatic carbocycles. The van der Waals surface area contributed by atoms with Crippen LogP contribution in [0.2, 0.25) is 5.02 Å². The zero-order valence-corrected chi connectivity index (χ0v) is 23.3. The van der Waals surface area contributed by atoms with Crippen LogP contribution in [0.5, 0.6) is 0 Å². The summed E-state index contributed by atoms with van der Waals surface area (Å²) >= 11 is 6.75. The SMILES string of the molecule is CC(C)(C(=O)O)c1ccc(C2CC23C(=O)Nc2cc(Cl)c(-c4ccc(-c5ccc([N+]6=CN=C6)cc5)cc4)cc23)cc1. The highest BCUT2D eigenvalue weighted by Crippen LogP contribution is 2.65. The van der Waals surface area contributed by atoms with Crippen LogP contribution in [0, 0.1) is 0 Å².